The van der Waals surface area contributed by atoms with Gasteiger partial charge in [0.25, 0.3) is 5.91 Å². The number of nitrogens with zero attached hydrogens (tertiary/aromatic N) is 3. The molecule has 2 aliphatic heterocycles. The van der Waals surface area contributed by atoms with Crippen LogP contribution in [0.15, 0.2) is 18.2 Å². The van der Waals surface area contributed by atoms with Gasteiger partial charge < -0.3 is 19.5 Å². The predicted octanol–water partition coefficient (Wildman–Crippen LogP) is 0.962. The van der Waals surface area contributed by atoms with Gasteiger partial charge in [0.2, 0.25) is 0 Å². The predicted molar refractivity (Wildman–Crippen MR) is 125 cm³/mol. The first-order valence-corrected chi connectivity index (χ1v) is 11.6. The van der Waals surface area contributed by atoms with Crippen molar-refractivity contribution in [3.8, 4) is 11.8 Å². The van der Waals surface area contributed by atoms with Crippen molar-refractivity contribution < 1.29 is 24.2 Å². The molecule has 2 aliphatic rings. The number of benzene rings is 1. The molecule has 0 radical (unpaired) electrons. The fourth-order valence-corrected chi connectivity index (χ4v) is 4.24. The van der Waals surface area contributed by atoms with Crippen molar-refractivity contribution >= 4 is 11.9 Å². The minimum Gasteiger partial charge on any atom is -0.469 e. The van der Waals surface area contributed by atoms with Crippen molar-refractivity contribution in [1.82, 2.24) is 14.7 Å². The van der Waals surface area contributed by atoms with E-state index in [4.69, 9.17) is 14.6 Å². The Morgan fingerprint density at radius 3 is 2.61 bits per heavy atom. The van der Waals surface area contributed by atoms with Crippen molar-refractivity contribution in [3.63, 3.8) is 0 Å². The molecule has 3 rings (SSSR count). The molecule has 8 nitrogen and oxygen atoms in total. The van der Waals surface area contributed by atoms with E-state index in [2.05, 4.69) is 21.6 Å². The number of carbonyl (C=O) groups excluding carboxylic acids is 2. The number of hydrogen-bond donors (Lipinski definition) is 1. The molecule has 1 atom stereocenters. The van der Waals surface area contributed by atoms with Gasteiger partial charge in [-0.25, -0.2) is 0 Å². The molecule has 33 heavy (non-hydrogen) atoms. The number of amides is 1. The fourth-order valence-electron chi connectivity index (χ4n) is 4.24. The molecule has 1 saturated heterocycles. The van der Waals surface area contributed by atoms with Gasteiger partial charge in [-0.05, 0) is 31.0 Å². The quantitative estimate of drug-likeness (QED) is 0.318. The van der Waals surface area contributed by atoms with Crippen molar-refractivity contribution in [2.75, 3.05) is 66.2 Å². The van der Waals surface area contributed by atoms with E-state index in [0.717, 1.165) is 50.4 Å². The summed E-state index contributed by atoms with van der Waals surface area (Å²) in [5.74, 6) is 5.98. The van der Waals surface area contributed by atoms with E-state index < -0.39 is 0 Å². The lowest BCUT2D eigenvalue weighted by molar-refractivity contribution is -0.141. The highest BCUT2D eigenvalue weighted by Crippen LogP contribution is 2.28. The van der Waals surface area contributed by atoms with Crippen molar-refractivity contribution in [3.05, 3.63) is 34.9 Å². The largest absolute Gasteiger partial charge is 0.469 e. The van der Waals surface area contributed by atoms with Crippen LogP contribution in [-0.4, -0.2) is 104 Å². The van der Waals surface area contributed by atoms with Crippen LogP contribution >= 0.6 is 0 Å². The molecular formula is C25H35N3O5. The number of β-amino-alcohol motifs (C(OH)–C–C–N with tert-alkyl or cyclic N) is 1. The Morgan fingerprint density at radius 2 is 1.91 bits per heavy atom. The molecule has 0 aliphatic carbocycles. The molecule has 1 aromatic carbocycles. The summed E-state index contributed by atoms with van der Waals surface area (Å²) >= 11 is 0. The van der Waals surface area contributed by atoms with E-state index in [1.54, 1.807) is 4.90 Å². The highest BCUT2D eigenvalue weighted by atomic mass is 16.5. The lowest BCUT2D eigenvalue weighted by Gasteiger charge is -2.34. The maximum atomic E-state index is 12.8. The number of ether oxygens (including phenoxy) is 2. The van der Waals surface area contributed by atoms with E-state index in [0.29, 0.717) is 38.2 Å². The summed E-state index contributed by atoms with van der Waals surface area (Å²) in [5, 5.41) is 9.02. The SMILES string of the molecule is COC(=O)CCC(C)N1Cc2c(C#CCOCCN3CCN(CCO)CC3)cccc2C1=O. The molecule has 2 heterocycles. The molecule has 1 N–H and O–H groups in total. The minimum absolute atomic E-state index is 0.0126. The summed E-state index contributed by atoms with van der Waals surface area (Å²) in [7, 11) is 1.37. The second-order valence-electron chi connectivity index (χ2n) is 8.49. The summed E-state index contributed by atoms with van der Waals surface area (Å²) in [4.78, 5) is 30.7. The Bertz CT molecular complexity index is 871. The van der Waals surface area contributed by atoms with E-state index in [-0.39, 0.29) is 24.5 Å². The van der Waals surface area contributed by atoms with Gasteiger partial charge in [-0.1, -0.05) is 17.9 Å². The third-order valence-electron chi connectivity index (χ3n) is 6.35. The standard InChI is InChI=1S/C25H35N3O5/c1-20(8-9-24(30)32-2)28-19-23-21(5-3-7-22(23)25(28)31)6-4-17-33-18-15-27-12-10-26(11-13-27)14-16-29/h3,5,7,20,29H,8-19H2,1-2H3. The molecule has 0 bridgehead atoms. The molecule has 8 heteroatoms. The van der Waals surface area contributed by atoms with Crippen LogP contribution in [0, 0.1) is 11.8 Å². The van der Waals surface area contributed by atoms with Crippen LogP contribution in [-0.2, 0) is 20.8 Å². The van der Waals surface area contributed by atoms with Gasteiger partial charge in [-0.15, -0.1) is 0 Å². The van der Waals surface area contributed by atoms with Crippen LogP contribution < -0.4 is 0 Å². The Kier molecular flexibility index (Phi) is 9.70. The zero-order valence-electron chi connectivity index (χ0n) is 19.7. The summed E-state index contributed by atoms with van der Waals surface area (Å²) in [6, 6.07) is 5.58. The van der Waals surface area contributed by atoms with Crippen molar-refractivity contribution in [2.45, 2.75) is 32.4 Å². The van der Waals surface area contributed by atoms with E-state index in [9.17, 15) is 9.59 Å². The van der Waals surface area contributed by atoms with Gasteiger partial charge >= 0.3 is 5.97 Å². The third kappa shape index (κ3) is 7.02. The van der Waals surface area contributed by atoms with Gasteiger partial charge in [0.1, 0.15) is 6.61 Å². The van der Waals surface area contributed by atoms with Crippen molar-refractivity contribution in [1.29, 1.82) is 0 Å². The maximum absolute atomic E-state index is 12.8. The summed E-state index contributed by atoms with van der Waals surface area (Å²) in [6.07, 6.45) is 0.859. The van der Waals surface area contributed by atoms with Gasteiger partial charge in [0, 0.05) is 69.4 Å². The number of rotatable bonds is 10. The van der Waals surface area contributed by atoms with Crippen LogP contribution in [0.25, 0.3) is 0 Å². The first-order chi connectivity index (χ1) is 16.0. The average Bonchev–Trinajstić information content (AvgIpc) is 3.18. The number of carbonyl (C=O) groups is 2. The molecule has 1 fully saturated rings. The monoisotopic (exact) mass is 457 g/mol. The Hall–Kier alpha value is -2.44. The first-order valence-electron chi connectivity index (χ1n) is 11.6. The van der Waals surface area contributed by atoms with Gasteiger partial charge in [-0.3, -0.25) is 19.4 Å². The number of aliphatic hydroxyl groups excluding tert-OH is 1. The Morgan fingerprint density at radius 1 is 1.18 bits per heavy atom. The molecule has 0 spiro atoms. The average molecular weight is 458 g/mol. The third-order valence-corrected chi connectivity index (χ3v) is 6.35. The number of piperazine rings is 1. The topological polar surface area (TPSA) is 82.6 Å². The Labute approximate surface area is 196 Å². The van der Waals surface area contributed by atoms with Crippen LogP contribution in [0.2, 0.25) is 0 Å². The van der Waals surface area contributed by atoms with Crippen molar-refractivity contribution in [2.24, 2.45) is 0 Å². The first kappa shape index (κ1) is 25.2. The number of hydrogen-bond acceptors (Lipinski definition) is 7. The highest BCUT2D eigenvalue weighted by molar-refractivity contribution is 5.99. The number of fused-ring (bicyclic) bond motifs is 1. The minimum atomic E-state index is -0.262. The molecular weight excluding hydrogens is 422 g/mol. The Balaban J connectivity index is 1.45. The zero-order valence-corrected chi connectivity index (χ0v) is 19.7. The summed E-state index contributed by atoms with van der Waals surface area (Å²) in [6.45, 7) is 9.23. The molecule has 1 aromatic rings. The zero-order chi connectivity index (χ0) is 23.6. The maximum Gasteiger partial charge on any atom is 0.305 e. The lowest BCUT2D eigenvalue weighted by Crippen LogP contribution is -2.47. The van der Waals surface area contributed by atoms with Gasteiger partial charge in [0.15, 0.2) is 0 Å². The number of methoxy groups -OCH3 is 1. The van der Waals surface area contributed by atoms with E-state index in [1.807, 2.05) is 25.1 Å². The van der Waals surface area contributed by atoms with Crippen LogP contribution in [0.3, 0.4) is 0 Å². The molecule has 180 valence electrons. The van der Waals surface area contributed by atoms with E-state index >= 15 is 0 Å². The van der Waals surface area contributed by atoms with Gasteiger partial charge in [0.05, 0.1) is 20.3 Å². The lowest BCUT2D eigenvalue weighted by atomic mass is 10.0. The second kappa shape index (κ2) is 12.7. The molecule has 1 unspecified atom stereocenters. The molecule has 0 saturated carbocycles. The number of esters is 1. The van der Waals surface area contributed by atoms with Crippen LogP contribution in [0.4, 0.5) is 0 Å². The van der Waals surface area contributed by atoms with Crippen LogP contribution in [0.1, 0.15) is 41.3 Å². The fraction of sp³-hybridized carbons (Fsp3) is 0.600. The molecule has 1 amide bonds. The van der Waals surface area contributed by atoms with Crippen LogP contribution in [0.5, 0.6) is 0 Å². The normalized spacial score (nSPS) is 17.4. The highest BCUT2D eigenvalue weighted by Gasteiger charge is 2.32. The smallest absolute Gasteiger partial charge is 0.305 e. The summed E-state index contributed by atoms with van der Waals surface area (Å²) in [5.41, 5.74) is 2.49. The second-order valence-corrected chi connectivity index (χ2v) is 8.49. The molecule has 0 aromatic heterocycles. The summed E-state index contributed by atoms with van der Waals surface area (Å²) < 4.78 is 10.4. The number of aliphatic hydroxyl groups is 1. The van der Waals surface area contributed by atoms with E-state index in [1.165, 1.54) is 7.11 Å². The van der Waals surface area contributed by atoms with Gasteiger partial charge in [-0.2, -0.15) is 0 Å².